The number of nitro groups is 2. The number of hydrogen-bond donors (Lipinski definition) is 0. The standard InChI is InChI=1S/C11H18N4O4/c1-3-9(2)12-5-10(14(16)17)4-11(7-12,15(18)19)8-13(9)6-10/h3-8H2,1-2H3. The largest absolute Gasteiger partial charge is 0.271 e. The quantitative estimate of drug-likeness (QED) is 0.536. The van der Waals surface area contributed by atoms with Gasteiger partial charge < -0.3 is 0 Å². The highest BCUT2D eigenvalue weighted by molar-refractivity contribution is 5.16. The third-order valence-corrected chi connectivity index (χ3v) is 5.41. The van der Waals surface area contributed by atoms with Crippen LogP contribution in [-0.2, 0) is 0 Å². The Morgan fingerprint density at radius 3 is 1.63 bits per heavy atom. The number of piperidine rings is 2. The molecule has 0 amide bonds. The fraction of sp³-hybridized carbons (Fsp3) is 1.00. The van der Waals surface area contributed by atoms with Gasteiger partial charge in [0.05, 0.1) is 38.3 Å². The van der Waals surface area contributed by atoms with Crippen LogP contribution in [0.25, 0.3) is 0 Å². The second-order valence-electron chi connectivity index (χ2n) is 6.42. The lowest BCUT2D eigenvalue weighted by Gasteiger charge is -2.64. The van der Waals surface area contributed by atoms with Crippen LogP contribution >= 0.6 is 0 Å². The van der Waals surface area contributed by atoms with E-state index in [1.807, 2.05) is 23.6 Å². The Balaban J connectivity index is 2.08. The van der Waals surface area contributed by atoms with Crippen molar-refractivity contribution < 1.29 is 9.85 Å². The normalized spacial score (nSPS) is 51.3. The van der Waals surface area contributed by atoms with Crippen molar-refractivity contribution in [3.8, 4) is 0 Å². The van der Waals surface area contributed by atoms with E-state index in [1.54, 1.807) is 0 Å². The lowest BCUT2D eigenvalue weighted by atomic mass is 9.68. The van der Waals surface area contributed by atoms with Crippen molar-refractivity contribution in [3.63, 3.8) is 0 Å². The summed E-state index contributed by atoms with van der Waals surface area (Å²) in [6, 6.07) is 0. The van der Waals surface area contributed by atoms with Gasteiger partial charge in [-0.15, -0.1) is 0 Å². The summed E-state index contributed by atoms with van der Waals surface area (Å²) in [4.78, 5) is 26.2. The zero-order chi connectivity index (χ0) is 14.1. The molecule has 0 aliphatic carbocycles. The Morgan fingerprint density at radius 1 is 1.00 bits per heavy atom. The molecule has 4 aliphatic rings. The lowest BCUT2D eigenvalue weighted by molar-refractivity contribution is -0.649. The van der Waals surface area contributed by atoms with Crippen molar-refractivity contribution in [3.05, 3.63) is 20.2 Å². The van der Waals surface area contributed by atoms with Gasteiger partial charge in [0.25, 0.3) is 11.1 Å². The molecule has 0 aromatic heterocycles. The summed E-state index contributed by atoms with van der Waals surface area (Å²) in [5.41, 5.74) is -2.62. The Kier molecular flexibility index (Phi) is 2.30. The molecule has 0 N–H and O–H groups in total. The maximum absolute atomic E-state index is 11.4. The number of hydrogen-bond acceptors (Lipinski definition) is 6. The molecule has 4 rings (SSSR count). The van der Waals surface area contributed by atoms with E-state index in [-0.39, 0.29) is 21.9 Å². The van der Waals surface area contributed by atoms with Gasteiger partial charge in [0.1, 0.15) is 0 Å². The Bertz CT molecular complexity index is 418. The zero-order valence-electron chi connectivity index (χ0n) is 11.2. The molecule has 8 heteroatoms. The first kappa shape index (κ1) is 12.7. The molecule has 4 bridgehead atoms. The predicted octanol–water partition coefficient (Wildman–Crippen LogP) is 0.178. The average Bonchev–Trinajstić information content (AvgIpc) is 2.34. The van der Waals surface area contributed by atoms with E-state index in [2.05, 4.69) is 0 Å². The minimum absolute atomic E-state index is 0.0623. The van der Waals surface area contributed by atoms with Crippen molar-refractivity contribution in [1.82, 2.24) is 9.80 Å². The maximum atomic E-state index is 11.4. The van der Waals surface area contributed by atoms with Gasteiger partial charge >= 0.3 is 0 Å². The van der Waals surface area contributed by atoms with Gasteiger partial charge in [0.15, 0.2) is 0 Å². The molecule has 106 valence electrons. The van der Waals surface area contributed by atoms with Gasteiger partial charge in [-0.05, 0) is 13.3 Å². The summed E-state index contributed by atoms with van der Waals surface area (Å²) < 4.78 is 0. The highest BCUT2D eigenvalue weighted by atomic mass is 16.6. The summed E-state index contributed by atoms with van der Waals surface area (Å²) in [7, 11) is 0. The van der Waals surface area contributed by atoms with Crippen LogP contribution in [0.1, 0.15) is 26.7 Å². The van der Waals surface area contributed by atoms with Gasteiger partial charge in [-0.1, -0.05) is 6.92 Å². The maximum Gasteiger partial charge on any atom is 0.254 e. The highest BCUT2D eigenvalue weighted by Gasteiger charge is 2.73. The molecule has 8 nitrogen and oxygen atoms in total. The Morgan fingerprint density at radius 2 is 1.37 bits per heavy atom. The zero-order valence-corrected chi connectivity index (χ0v) is 11.2. The average molecular weight is 270 g/mol. The van der Waals surface area contributed by atoms with Crippen molar-refractivity contribution in [1.29, 1.82) is 0 Å². The van der Waals surface area contributed by atoms with Crippen molar-refractivity contribution >= 4 is 0 Å². The van der Waals surface area contributed by atoms with Crippen molar-refractivity contribution in [2.45, 2.75) is 43.4 Å². The third-order valence-electron chi connectivity index (χ3n) is 5.41. The topological polar surface area (TPSA) is 92.8 Å². The minimum atomic E-state index is -1.17. The molecule has 4 saturated heterocycles. The van der Waals surface area contributed by atoms with E-state index < -0.39 is 11.1 Å². The first-order chi connectivity index (χ1) is 8.78. The van der Waals surface area contributed by atoms with Gasteiger partial charge in [-0.3, -0.25) is 30.0 Å². The molecular formula is C11H18N4O4. The number of rotatable bonds is 3. The van der Waals surface area contributed by atoms with Crippen LogP contribution < -0.4 is 0 Å². The molecule has 0 radical (unpaired) electrons. The van der Waals surface area contributed by atoms with Gasteiger partial charge in [-0.2, -0.15) is 0 Å². The molecule has 0 aromatic carbocycles. The fourth-order valence-electron chi connectivity index (χ4n) is 4.16. The summed E-state index contributed by atoms with van der Waals surface area (Å²) >= 11 is 0. The SMILES string of the molecule is CCC1(C)N2CC3([N+](=O)[O-])CN1CC([N+](=O)[O-])(C2)C3. The molecule has 4 aliphatic heterocycles. The Hall–Kier alpha value is -1.28. The van der Waals surface area contributed by atoms with E-state index in [0.29, 0.717) is 26.2 Å². The van der Waals surface area contributed by atoms with Crippen LogP contribution in [0.4, 0.5) is 0 Å². The van der Waals surface area contributed by atoms with Crippen LogP contribution in [-0.4, -0.2) is 62.6 Å². The molecule has 0 aromatic rings. The molecule has 4 heterocycles. The van der Waals surface area contributed by atoms with Crippen LogP contribution in [0.3, 0.4) is 0 Å². The van der Waals surface area contributed by atoms with Crippen molar-refractivity contribution in [2.24, 2.45) is 0 Å². The summed E-state index contributed by atoms with van der Waals surface area (Å²) in [6.45, 7) is 5.38. The highest BCUT2D eigenvalue weighted by Crippen LogP contribution is 2.49. The monoisotopic (exact) mass is 270 g/mol. The predicted molar refractivity (Wildman–Crippen MR) is 65.9 cm³/mol. The van der Waals surface area contributed by atoms with Gasteiger partial charge in [0, 0.05) is 9.85 Å². The van der Waals surface area contributed by atoms with Crippen molar-refractivity contribution in [2.75, 3.05) is 26.2 Å². The second-order valence-corrected chi connectivity index (χ2v) is 6.42. The minimum Gasteiger partial charge on any atom is -0.271 e. The molecule has 0 saturated carbocycles. The van der Waals surface area contributed by atoms with Crippen LogP contribution in [0.2, 0.25) is 0 Å². The summed E-state index contributed by atoms with van der Waals surface area (Å²) in [5.74, 6) is 0. The van der Waals surface area contributed by atoms with E-state index >= 15 is 0 Å². The first-order valence-corrected chi connectivity index (χ1v) is 6.57. The third kappa shape index (κ3) is 1.35. The van der Waals surface area contributed by atoms with Gasteiger partial charge in [-0.25, -0.2) is 0 Å². The second kappa shape index (κ2) is 3.43. The first-order valence-electron chi connectivity index (χ1n) is 6.57. The number of nitrogens with zero attached hydrogens (tertiary/aromatic N) is 4. The van der Waals surface area contributed by atoms with E-state index in [4.69, 9.17) is 0 Å². The Labute approximate surface area is 110 Å². The molecule has 0 spiro atoms. The summed E-state index contributed by atoms with van der Waals surface area (Å²) in [6.07, 6.45) is 0.876. The van der Waals surface area contributed by atoms with Crippen LogP contribution in [0.15, 0.2) is 0 Å². The molecular weight excluding hydrogens is 252 g/mol. The molecule has 0 unspecified atom stereocenters. The smallest absolute Gasteiger partial charge is 0.254 e. The fourth-order valence-corrected chi connectivity index (χ4v) is 4.16. The van der Waals surface area contributed by atoms with E-state index in [0.717, 1.165) is 6.42 Å². The van der Waals surface area contributed by atoms with Gasteiger partial charge in [0.2, 0.25) is 0 Å². The van der Waals surface area contributed by atoms with E-state index in [1.165, 1.54) is 0 Å². The van der Waals surface area contributed by atoms with Crippen LogP contribution in [0, 0.1) is 20.2 Å². The lowest BCUT2D eigenvalue weighted by Crippen LogP contribution is -2.86. The molecule has 4 fully saturated rings. The summed E-state index contributed by atoms with van der Waals surface area (Å²) in [5, 5.41) is 22.9. The molecule has 0 atom stereocenters. The molecule has 19 heavy (non-hydrogen) atoms. The van der Waals surface area contributed by atoms with Crippen LogP contribution in [0.5, 0.6) is 0 Å². The van der Waals surface area contributed by atoms with E-state index in [9.17, 15) is 20.2 Å².